The molecule has 2 fully saturated rings. The number of methoxy groups -OCH3 is 3. The van der Waals surface area contributed by atoms with Crippen LogP contribution in [0.2, 0.25) is 0 Å². The van der Waals surface area contributed by atoms with E-state index in [1.807, 2.05) is 4.90 Å². The third kappa shape index (κ3) is 3.80. The Morgan fingerprint density at radius 1 is 1.00 bits per heavy atom. The van der Waals surface area contributed by atoms with Crippen LogP contribution < -0.4 is 19.9 Å². The zero-order valence-electron chi connectivity index (χ0n) is 16.1. The van der Waals surface area contributed by atoms with Gasteiger partial charge >= 0.3 is 0 Å². The first-order valence-electron chi connectivity index (χ1n) is 9.11. The van der Waals surface area contributed by atoms with E-state index in [0.29, 0.717) is 41.9 Å². The standard InChI is InChI=1S/C19H27N3O5/c1-25-15-8-13(9-16(26-2)17(15)27-3)19(24)22-10-14(11-22)21-6-4-12(5-7-21)18(20)23/h8-9,12,14H,4-7,10-11H2,1-3H3,(H2,20,23). The van der Waals surface area contributed by atoms with E-state index in [-0.39, 0.29) is 17.7 Å². The maximum absolute atomic E-state index is 12.8. The van der Waals surface area contributed by atoms with E-state index in [4.69, 9.17) is 19.9 Å². The van der Waals surface area contributed by atoms with Gasteiger partial charge in [-0.2, -0.15) is 0 Å². The lowest BCUT2D eigenvalue weighted by Crippen LogP contribution is -2.62. The van der Waals surface area contributed by atoms with Crippen LogP contribution in [0.1, 0.15) is 23.2 Å². The Morgan fingerprint density at radius 2 is 1.56 bits per heavy atom. The summed E-state index contributed by atoms with van der Waals surface area (Å²) in [5.74, 6) is 1.12. The molecule has 0 atom stereocenters. The average Bonchev–Trinajstić information content (AvgIpc) is 2.65. The number of nitrogens with two attached hydrogens (primary N) is 1. The van der Waals surface area contributed by atoms with Crippen LogP contribution in [-0.4, -0.2) is 75.2 Å². The summed E-state index contributed by atoms with van der Waals surface area (Å²) in [6, 6.07) is 3.69. The van der Waals surface area contributed by atoms with E-state index in [0.717, 1.165) is 25.9 Å². The van der Waals surface area contributed by atoms with Crippen LogP contribution in [0.4, 0.5) is 0 Å². The SMILES string of the molecule is COc1cc(C(=O)N2CC(N3CCC(C(N)=O)CC3)C2)cc(OC)c1OC. The minimum atomic E-state index is -0.206. The fourth-order valence-corrected chi connectivity index (χ4v) is 3.79. The van der Waals surface area contributed by atoms with Gasteiger partial charge < -0.3 is 24.8 Å². The van der Waals surface area contributed by atoms with Gasteiger partial charge in [-0.15, -0.1) is 0 Å². The molecule has 1 aromatic carbocycles. The Balaban J connectivity index is 1.61. The van der Waals surface area contributed by atoms with Crippen molar-refractivity contribution in [3.8, 4) is 17.2 Å². The lowest BCUT2D eigenvalue weighted by molar-refractivity contribution is -0.123. The van der Waals surface area contributed by atoms with Crippen molar-refractivity contribution < 1.29 is 23.8 Å². The van der Waals surface area contributed by atoms with Crippen molar-refractivity contribution in [3.63, 3.8) is 0 Å². The molecule has 27 heavy (non-hydrogen) atoms. The van der Waals surface area contributed by atoms with Crippen LogP contribution in [0, 0.1) is 5.92 Å². The van der Waals surface area contributed by atoms with E-state index < -0.39 is 0 Å². The van der Waals surface area contributed by atoms with Crippen molar-refractivity contribution in [2.45, 2.75) is 18.9 Å². The van der Waals surface area contributed by atoms with Gasteiger partial charge in [0.2, 0.25) is 11.7 Å². The van der Waals surface area contributed by atoms with E-state index in [9.17, 15) is 9.59 Å². The highest BCUT2D eigenvalue weighted by molar-refractivity contribution is 5.96. The third-order valence-electron chi connectivity index (χ3n) is 5.51. The zero-order valence-corrected chi connectivity index (χ0v) is 16.1. The number of primary amides is 1. The molecule has 0 radical (unpaired) electrons. The van der Waals surface area contributed by atoms with Gasteiger partial charge in [-0.3, -0.25) is 14.5 Å². The Hall–Kier alpha value is -2.48. The van der Waals surface area contributed by atoms with Crippen LogP contribution in [0.3, 0.4) is 0 Å². The fraction of sp³-hybridized carbons (Fsp3) is 0.579. The highest BCUT2D eigenvalue weighted by atomic mass is 16.5. The molecule has 2 heterocycles. The summed E-state index contributed by atoms with van der Waals surface area (Å²) in [4.78, 5) is 28.3. The molecular formula is C19H27N3O5. The third-order valence-corrected chi connectivity index (χ3v) is 5.51. The molecule has 2 amide bonds. The predicted octanol–water partition coefficient (Wildman–Crippen LogP) is 0.734. The van der Waals surface area contributed by atoms with Crippen LogP contribution in [0.15, 0.2) is 12.1 Å². The second kappa shape index (κ2) is 8.04. The van der Waals surface area contributed by atoms with Crippen molar-refractivity contribution in [1.82, 2.24) is 9.80 Å². The van der Waals surface area contributed by atoms with Gasteiger partial charge in [-0.05, 0) is 38.1 Å². The molecule has 0 aromatic heterocycles. The maximum Gasteiger partial charge on any atom is 0.254 e. The topological polar surface area (TPSA) is 94.3 Å². The molecule has 3 rings (SSSR count). The summed E-state index contributed by atoms with van der Waals surface area (Å²) in [5.41, 5.74) is 5.90. The maximum atomic E-state index is 12.8. The van der Waals surface area contributed by atoms with Gasteiger partial charge in [0.05, 0.1) is 21.3 Å². The number of carbonyl (C=O) groups is 2. The summed E-state index contributed by atoms with van der Waals surface area (Å²) in [6.45, 7) is 3.06. The predicted molar refractivity (Wildman–Crippen MR) is 99.3 cm³/mol. The summed E-state index contributed by atoms with van der Waals surface area (Å²) >= 11 is 0. The van der Waals surface area contributed by atoms with Crippen LogP contribution >= 0.6 is 0 Å². The summed E-state index contributed by atoms with van der Waals surface area (Å²) in [6.07, 6.45) is 1.60. The number of amides is 2. The molecule has 2 N–H and O–H groups in total. The van der Waals surface area contributed by atoms with Crippen molar-refractivity contribution in [2.75, 3.05) is 47.5 Å². The number of hydrogen-bond acceptors (Lipinski definition) is 6. The van der Waals surface area contributed by atoms with Gasteiger partial charge in [0.15, 0.2) is 11.5 Å². The Labute approximate surface area is 159 Å². The molecule has 1 aromatic rings. The highest BCUT2D eigenvalue weighted by Gasteiger charge is 2.37. The smallest absolute Gasteiger partial charge is 0.254 e. The van der Waals surface area contributed by atoms with E-state index >= 15 is 0 Å². The first kappa shape index (κ1) is 19.3. The van der Waals surface area contributed by atoms with Gasteiger partial charge in [0.1, 0.15) is 0 Å². The average molecular weight is 377 g/mol. The van der Waals surface area contributed by atoms with Crippen LogP contribution in [-0.2, 0) is 4.79 Å². The van der Waals surface area contributed by atoms with E-state index in [1.54, 1.807) is 12.1 Å². The number of carbonyl (C=O) groups excluding carboxylic acids is 2. The molecule has 148 valence electrons. The second-order valence-electron chi connectivity index (χ2n) is 6.99. The number of ether oxygens (including phenoxy) is 3. The van der Waals surface area contributed by atoms with Gasteiger partial charge in [0.25, 0.3) is 5.91 Å². The molecule has 0 saturated carbocycles. The molecule has 0 aliphatic carbocycles. The summed E-state index contributed by atoms with van der Waals surface area (Å²) in [5, 5.41) is 0. The monoisotopic (exact) mass is 377 g/mol. The van der Waals surface area contributed by atoms with Gasteiger partial charge in [-0.1, -0.05) is 0 Å². The first-order valence-corrected chi connectivity index (χ1v) is 9.11. The van der Waals surface area contributed by atoms with Crippen molar-refractivity contribution >= 4 is 11.8 Å². The minimum absolute atomic E-state index is 0.0155. The first-order chi connectivity index (χ1) is 13.0. The van der Waals surface area contributed by atoms with Crippen molar-refractivity contribution in [1.29, 1.82) is 0 Å². The molecule has 2 saturated heterocycles. The molecule has 2 aliphatic heterocycles. The Bertz CT molecular complexity index is 684. The minimum Gasteiger partial charge on any atom is -0.493 e. The Morgan fingerprint density at radius 3 is 2.00 bits per heavy atom. The van der Waals surface area contributed by atoms with E-state index in [1.165, 1.54) is 21.3 Å². The molecule has 8 heteroatoms. The molecule has 0 unspecified atom stereocenters. The second-order valence-corrected chi connectivity index (χ2v) is 6.99. The van der Waals surface area contributed by atoms with E-state index in [2.05, 4.69) is 4.90 Å². The normalized spacial score (nSPS) is 18.7. The molecule has 0 bridgehead atoms. The Kier molecular flexibility index (Phi) is 5.74. The fourth-order valence-electron chi connectivity index (χ4n) is 3.79. The lowest BCUT2D eigenvalue weighted by atomic mass is 9.93. The number of nitrogens with zero attached hydrogens (tertiary/aromatic N) is 2. The number of benzene rings is 1. The number of hydrogen-bond donors (Lipinski definition) is 1. The van der Waals surface area contributed by atoms with Crippen LogP contribution in [0.25, 0.3) is 0 Å². The number of rotatable bonds is 6. The molecule has 0 spiro atoms. The highest BCUT2D eigenvalue weighted by Crippen LogP contribution is 2.38. The summed E-state index contributed by atoms with van der Waals surface area (Å²) in [7, 11) is 4.59. The molecule has 8 nitrogen and oxygen atoms in total. The van der Waals surface area contributed by atoms with Crippen LogP contribution in [0.5, 0.6) is 17.2 Å². The molecular weight excluding hydrogens is 350 g/mol. The number of piperidine rings is 1. The largest absolute Gasteiger partial charge is 0.493 e. The zero-order chi connectivity index (χ0) is 19.6. The lowest BCUT2D eigenvalue weighted by Gasteiger charge is -2.47. The van der Waals surface area contributed by atoms with Crippen molar-refractivity contribution in [3.05, 3.63) is 17.7 Å². The summed E-state index contributed by atoms with van der Waals surface area (Å²) < 4.78 is 16.0. The van der Waals surface area contributed by atoms with Crippen molar-refractivity contribution in [2.24, 2.45) is 11.7 Å². The molecule has 2 aliphatic rings. The van der Waals surface area contributed by atoms with Gasteiger partial charge in [-0.25, -0.2) is 0 Å². The quantitative estimate of drug-likeness (QED) is 0.786. The van der Waals surface area contributed by atoms with Gasteiger partial charge in [0, 0.05) is 30.6 Å². The number of likely N-dealkylation sites (tertiary alicyclic amines) is 2.